The Labute approximate surface area is 140 Å². The number of hydrogen-bond acceptors (Lipinski definition) is 8. The number of hydrogen-bond donors (Lipinski definition) is 0. The topological polar surface area (TPSA) is 55.4 Å². The summed E-state index contributed by atoms with van der Waals surface area (Å²) in [5.74, 6) is -1.33. The Hall–Kier alpha value is 0.0400. The van der Waals surface area contributed by atoms with E-state index in [0.717, 1.165) is 0 Å². The number of ether oxygens (including phenoxy) is 6. The van der Waals surface area contributed by atoms with E-state index in [-0.39, 0.29) is 24.4 Å². The Morgan fingerprint density at radius 3 is 2.41 bits per heavy atom. The Morgan fingerprint density at radius 1 is 1.09 bits per heavy atom. The maximum atomic E-state index is 6.01. The van der Waals surface area contributed by atoms with Crippen LogP contribution in [0.2, 0.25) is 0 Å². The Kier molecular flexibility index (Phi) is 4.48. The van der Waals surface area contributed by atoms with Crippen LogP contribution in [0.15, 0.2) is 0 Å². The standard InChI is InChI=1S/C14H22O6S2/c1-13(2)15-6-7(18-13)8-9(17-12(21)22-5)10-11(16-8)20-14(3,4)19-10/h7-11H,6H2,1-5H3/t7-,8-,9-,10+,11+/m0/s1. The molecule has 0 unspecified atom stereocenters. The summed E-state index contributed by atoms with van der Waals surface area (Å²) < 4.78 is 35.6. The van der Waals surface area contributed by atoms with Gasteiger partial charge in [0.2, 0.25) is 4.38 Å². The smallest absolute Gasteiger partial charge is 0.220 e. The van der Waals surface area contributed by atoms with Gasteiger partial charge in [-0.25, -0.2) is 0 Å². The number of fused-ring (bicyclic) bond motifs is 1. The van der Waals surface area contributed by atoms with Gasteiger partial charge in [-0.2, -0.15) is 0 Å². The van der Waals surface area contributed by atoms with Gasteiger partial charge in [0, 0.05) is 0 Å². The third-order valence-electron chi connectivity index (χ3n) is 3.82. The van der Waals surface area contributed by atoms with E-state index < -0.39 is 17.9 Å². The fourth-order valence-corrected chi connectivity index (χ4v) is 3.29. The molecule has 3 aliphatic heterocycles. The Balaban J connectivity index is 1.76. The Bertz CT molecular complexity index is 455. The molecule has 6 nitrogen and oxygen atoms in total. The molecule has 0 aliphatic carbocycles. The van der Waals surface area contributed by atoms with Crippen LogP contribution in [0.3, 0.4) is 0 Å². The molecule has 5 atom stereocenters. The molecule has 0 amide bonds. The van der Waals surface area contributed by atoms with Crippen molar-refractivity contribution in [2.45, 2.75) is 70.0 Å². The summed E-state index contributed by atoms with van der Waals surface area (Å²) in [7, 11) is 0. The lowest BCUT2D eigenvalue weighted by atomic mass is 10.1. The van der Waals surface area contributed by atoms with Crippen LogP contribution < -0.4 is 0 Å². The minimum atomic E-state index is -0.699. The van der Waals surface area contributed by atoms with E-state index in [1.165, 1.54) is 11.8 Å². The predicted molar refractivity (Wildman–Crippen MR) is 84.6 cm³/mol. The van der Waals surface area contributed by atoms with Crippen LogP contribution in [0.25, 0.3) is 0 Å². The van der Waals surface area contributed by atoms with Gasteiger partial charge in [0.1, 0.15) is 12.2 Å². The van der Waals surface area contributed by atoms with Gasteiger partial charge in [-0.3, -0.25) is 0 Å². The first-order valence-electron chi connectivity index (χ1n) is 7.28. The van der Waals surface area contributed by atoms with Crippen LogP contribution in [-0.2, 0) is 28.4 Å². The van der Waals surface area contributed by atoms with Crippen molar-refractivity contribution in [2.75, 3.05) is 12.9 Å². The molecule has 3 saturated heterocycles. The fourth-order valence-electron chi connectivity index (χ4n) is 2.97. The number of thioether (sulfide) groups is 1. The molecular weight excluding hydrogens is 328 g/mol. The van der Waals surface area contributed by atoms with Crippen molar-refractivity contribution in [1.82, 2.24) is 0 Å². The van der Waals surface area contributed by atoms with Crippen LogP contribution in [0.5, 0.6) is 0 Å². The third kappa shape index (κ3) is 3.28. The molecule has 0 spiro atoms. The van der Waals surface area contributed by atoms with Crippen LogP contribution >= 0.6 is 24.0 Å². The minimum absolute atomic E-state index is 0.245. The molecule has 22 heavy (non-hydrogen) atoms. The summed E-state index contributed by atoms with van der Waals surface area (Å²) in [4.78, 5) is 0. The minimum Gasteiger partial charge on any atom is -0.469 e. The summed E-state index contributed by atoms with van der Waals surface area (Å²) in [6.45, 7) is 7.90. The second-order valence-electron chi connectivity index (χ2n) is 6.47. The summed E-state index contributed by atoms with van der Waals surface area (Å²) in [5.41, 5.74) is 0. The van der Waals surface area contributed by atoms with Crippen LogP contribution in [0, 0.1) is 0 Å². The zero-order valence-corrected chi connectivity index (χ0v) is 15.0. The van der Waals surface area contributed by atoms with Gasteiger partial charge < -0.3 is 28.4 Å². The van der Waals surface area contributed by atoms with Gasteiger partial charge in [0.15, 0.2) is 30.1 Å². The van der Waals surface area contributed by atoms with Crippen LogP contribution in [0.4, 0.5) is 0 Å². The highest BCUT2D eigenvalue weighted by Crippen LogP contribution is 2.42. The lowest BCUT2D eigenvalue weighted by Gasteiger charge is -2.29. The van der Waals surface area contributed by atoms with E-state index in [9.17, 15) is 0 Å². The third-order valence-corrected chi connectivity index (χ3v) is 4.85. The lowest BCUT2D eigenvalue weighted by molar-refractivity contribution is -0.230. The average molecular weight is 350 g/mol. The molecule has 0 saturated carbocycles. The molecule has 3 rings (SSSR count). The van der Waals surface area contributed by atoms with Crippen molar-refractivity contribution in [1.29, 1.82) is 0 Å². The summed E-state index contributed by atoms with van der Waals surface area (Å²) in [6.07, 6.45) is 0.0796. The van der Waals surface area contributed by atoms with Gasteiger partial charge >= 0.3 is 0 Å². The lowest BCUT2D eigenvalue weighted by Crippen LogP contribution is -2.44. The summed E-state index contributed by atoms with van der Waals surface area (Å²) in [5, 5.41) is 0. The predicted octanol–water partition coefficient (Wildman–Crippen LogP) is 2.05. The average Bonchev–Trinajstić information content (AvgIpc) is 3.01. The van der Waals surface area contributed by atoms with Gasteiger partial charge in [-0.1, -0.05) is 11.8 Å². The highest BCUT2D eigenvalue weighted by molar-refractivity contribution is 8.22. The van der Waals surface area contributed by atoms with Gasteiger partial charge in [0.25, 0.3) is 0 Å². The van der Waals surface area contributed by atoms with Crippen LogP contribution in [0.1, 0.15) is 27.7 Å². The highest BCUT2D eigenvalue weighted by Gasteiger charge is 2.59. The van der Waals surface area contributed by atoms with E-state index in [0.29, 0.717) is 11.0 Å². The number of thiocarbonyl (C=S) groups is 1. The highest BCUT2D eigenvalue weighted by atomic mass is 32.2. The molecule has 3 heterocycles. The first kappa shape index (κ1) is 16.9. The molecule has 0 radical (unpaired) electrons. The van der Waals surface area contributed by atoms with Crippen molar-refractivity contribution >= 4 is 28.4 Å². The fraction of sp³-hybridized carbons (Fsp3) is 0.929. The van der Waals surface area contributed by atoms with Gasteiger partial charge in [-0.05, 0) is 46.2 Å². The summed E-state index contributed by atoms with van der Waals surface area (Å²) >= 11 is 6.57. The van der Waals surface area contributed by atoms with Crippen molar-refractivity contribution in [3.8, 4) is 0 Å². The Morgan fingerprint density at radius 2 is 1.82 bits per heavy atom. The second-order valence-corrected chi connectivity index (χ2v) is 7.88. The molecule has 126 valence electrons. The molecule has 0 aromatic heterocycles. The van der Waals surface area contributed by atoms with Crippen molar-refractivity contribution in [2.24, 2.45) is 0 Å². The van der Waals surface area contributed by atoms with Crippen molar-refractivity contribution in [3.05, 3.63) is 0 Å². The van der Waals surface area contributed by atoms with Crippen molar-refractivity contribution < 1.29 is 28.4 Å². The molecule has 8 heteroatoms. The molecule has 0 aromatic rings. The van der Waals surface area contributed by atoms with E-state index in [1.54, 1.807) is 0 Å². The first-order valence-corrected chi connectivity index (χ1v) is 8.91. The molecule has 0 bridgehead atoms. The van der Waals surface area contributed by atoms with Gasteiger partial charge in [-0.15, -0.1) is 0 Å². The van der Waals surface area contributed by atoms with E-state index in [1.807, 2.05) is 34.0 Å². The van der Waals surface area contributed by atoms with E-state index >= 15 is 0 Å². The van der Waals surface area contributed by atoms with Crippen LogP contribution in [-0.4, -0.2) is 59.5 Å². The number of rotatable bonds is 2. The maximum absolute atomic E-state index is 6.01. The largest absolute Gasteiger partial charge is 0.469 e. The zero-order chi connectivity index (χ0) is 16.1. The molecular formula is C14H22O6S2. The maximum Gasteiger partial charge on any atom is 0.220 e. The SMILES string of the molecule is CSC(=S)O[C@H]1[C@H]([C@@H]2COC(C)(C)O2)O[C@@H]2OC(C)(C)O[C@@H]21. The molecule has 3 fully saturated rings. The van der Waals surface area contributed by atoms with Gasteiger partial charge in [0.05, 0.1) is 6.61 Å². The summed E-state index contributed by atoms with van der Waals surface area (Å²) in [6, 6.07) is 0. The van der Waals surface area contributed by atoms with Crippen molar-refractivity contribution in [3.63, 3.8) is 0 Å². The molecule has 3 aliphatic rings. The second kappa shape index (κ2) is 5.84. The quantitative estimate of drug-likeness (QED) is 0.702. The normalized spacial score (nSPS) is 42.3. The monoisotopic (exact) mass is 350 g/mol. The first-order chi connectivity index (χ1) is 10.2. The van der Waals surface area contributed by atoms with E-state index in [4.69, 9.17) is 40.6 Å². The van der Waals surface area contributed by atoms with E-state index in [2.05, 4.69) is 0 Å². The molecule has 0 aromatic carbocycles. The zero-order valence-electron chi connectivity index (χ0n) is 13.4. The molecule has 0 N–H and O–H groups in total.